The van der Waals surface area contributed by atoms with Crippen LogP contribution < -0.4 is 11.1 Å². The topological polar surface area (TPSA) is 68.0 Å². The number of pyridine rings is 1. The van der Waals surface area contributed by atoms with Crippen molar-refractivity contribution in [2.24, 2.45) is 0 Å². The fourth-order valence-corrected chi connectivity index (χ4v) is 2.21. The molecular weight excluding hydrogens is 281 g/mol. The van der Waals surface area contributed by atoms with Gasteiger partial charge < -0.3 is 11.1 Å². The van der Waals surface area contributed by atoms with Crippen molar-refractivity contribution in [2.75, 3.05) is 11.1 Å². The zero-order valence-corrected chi connectivity index (χ0v) is 11.7. The van der Waals surface area contributed by atoms with Crippen molar-refractivity contribution in [3.8, 4) is 0 Å². The Hall–Kier alpha value is -2.95. The van der Waals surface area contributed by atoms with Crippen molar-refractivity contribution in [3.63, 3.8) is 0 Å². The third kappa shape index (κ3) is 3.03. The number of carbonyl (C=O) groups is 1. The summed E-state index contributed by atoms with van der Waals surface area (Å²) in [5, 5.41) is 3.46. The number of benzene rings is 2. The molecule has 0 saturated heterocycles. The Morgan fingerprint density at radius 2 is 1.95 bits per heavy atom. The summed E-state index contributed by atoms with van der Waals surface area (Å²) >= 11 is 0. The fraction of sp³-hybridized carbons (Fsp3) is 0.0588. The molecule has 0 atom stereocenters. The number of hydrogen-bond acceptors (Lipinski definition) is 3. The number of nitrogens with zero attached hydrogens (tertiary/aromatic N) is 1. The predicted octanol–water partition coefficient (Wildman–Crippen LogP) is 3.14. The number of hydrogen-bond donors (Lipinski definition) is 2. The number of amides is 1. The fourth-order valence-electron chi connectivity index (χ4n) is 2.21. The van der Waals surface area contributed by atoms with Crippen LogP contribution >= 0.6 is 0 Å². The van der Waals surface area contributed by atoms with Gasteiger partial charge in [0.05, 0.1) is 23.3 Å². The number of aromatic nitrogens is 1. The number of nitrogen functional groups attached to an aromatic ring is 1. The first-order chi connectivity index (χ1) is 10.6. The van der Waals surface area contributed by atoms with Gasteiger partial charge in [0.25, 0.3) is 0 Å². The zero-order valence-electron chi connectivity index (χ0n) is 11.7. The molecule has 1 heterocycles. The summed E-state index contributed by atoms with van der Waals surface area (Å²) in [6.45, 7) is 0. The molecule has 4 nitrogen and oxygen atoms in total. The highest BCUT2D eigenvalue weighted by Gasteiger charge is 2.08. The van der Waals surface area contributed by atoms with Gasteiger partial charge in [-0.3, -0.25) is 9.78 Å². The van der Waals surface area contributed by atoms with Gasteiger partial charge in [-0.2, -0.15) is 0 Å². The Kier molecular flexibility index (Phi) is 3.70. The molecule has 0 aliphatic rings. The van der Waals surface area contributed by atoms with E-state index in [1.165, 1.54) is 12.1 Å². The van der Waals surface area contributed by atoms with Crippen molar-refractivity contribution >= 4 is 28.2 Å². The highest BCUT2D eigenvalue weighted by molar-refractivity contribution is 5.92. The lowest BCUT2D eigenvalue weighted by atomic mass is 10.1. The normalized spacial score (nSPS) is 10.6. The average molecular weight is 295 g/mol. The van der Waals surface area contributed by atoms with E-state index in [4.69, 9.17) is 5.73 Å². The number of carbonyl (C=O) groups excluding carboxylic acids is 1. The van der Waals surface area contributed by atoms with Crippen LogP contribution in [0.4, 0.5) is 15.8 Å². The molecule has 1 amide bonds. The van der Waals surface area contributed by atoms with Gasteiger partial charge in [-0.25, -0.2) is 4.39 Å². The maximum atomic E-state index is 13.5. The molecule has 110 valence electrons. The molecule has 0 fully saturated rings. The van der Waals surface area contributed by atoms with Crippen LogP contribution in [0.1, 0.15) is 5.69 Å². The first kappa shape index (κ1) is 14.0. The molecule has 2 aromatic carbocycles. The summed E-state index contributed by atoms with van der Waals surface area (Å²) in [6, 6.07) is 15.1. The van der Waals surface area contributed by atoms with Crippen LogP contribution in [0.3, 0.4) is 0 Å². The smallest absolute Gasteiger partial charge is 0.230 e. The van der Waals surface area contributed by atoms with Crippen molar-refractivity contribution in [1.82, 2.24) is 4.98 Å². The van der Waals surface area contributed by atoms with Gasteiger partial charge in [0.2, 0.25) is 5.91 Å². The number of para-hydroxylation sites is 1. The van der Waals surface area contributed by atoms with Crippen molar-refractivity contribution in [3.05, 3.63) is 66.1 Å². The lowest BCUT2D eigenvalue weighted by Gasteiger charge is -2.07. The van der Waals surface area contributed by atoms with E-state index in [2.05, 4.69) is 10.3 Å². The van der Waals surface area contributed by atoms with E-state index in [0.717, 1.165) is 10.9 Å². The number of rotatable bonds is 3. The van der Waals surface area contributed by atoms with E-state index in [-0.39, 0.29) is 18.0 Å². The largest absolute Gasteiger partial charge is 0.399 e. The molecule has 0 saturated carbocycles. The van der Waals surface area contributed by atoms with Gasteiger partial charge in [0.1, 0.15) is 5.82 Å². The first-order valence-corrected chi connectivity index (χ1v) is 6.81. The SMILES string of the molecule is Nc1ccc2nc(CC(=O)Nc3ccccc3F)ccc2c1. The van der Waals surface area contributed by atoms with E-state index < -0.39 is 5.82 Å². The van der Waals surface area contributed by atoms with Crippen molar-refractivity contribution in [1.29, 1.82) is 0 Å². The van der Waals surface area contributed by atoms with Crippen LogP contribution in [0.15, 0.2) is 54.6 Å². The minimum atomic E-state index is -0.460. The van der Waals surface area contributed by atoms with E-state index in [0.29, 0.717) is 11.4 Å². The van der Waals surface area contributed by atoms with E-state index in [1.54, 1.807) is 24.3 Å². The van der Waals surface area contributed by atoms with Gasteiger partial charge in [-0.1, -0.05) is 18.2 Å². The van der Waals surface area contributed by atoms with Gasteiger partial charge in [-0.15, -0.1) is 0 Å². The molecule has 0 unspecified atom stereocenters. The van der Waals surface area contributed by atoms with Crippen LogP contribution in [0, 0.1) is 5.82 Å². The zero-order chi connectivity index (χ0) is 15.5. The molecule has 22 heavy (non-hydrogen) atoms. The van der Waals surface area contributed by atoms with Crippen LogP contribution in [0.2, 0.25) is 0 Å². The number of anilines is 2. The predicted molar refractivity (Wildman–Crippen MR) is 84.9 cm³/mol. The van der Waals surface area contributed by atoms with Crippen molar-refractivity contribution < 1.29 is 9.18 Å². The summed E-state index contributed by atoms with van der Waals surface area (Å²) in [4.78, 5) is 16.4. The Morgan fingerprint density at radius 3 is 2.77 bits per heavy atom. The lowest BCUT2D eigenvalue weighted by molar-refractivity contribution is -0.115. The van der Waals surface area contributed by atoms with Gasteiger partial charge >= 0.3 is 0 Å². The summed E-state index contributed by atoms with van der Waals surface area (Å²) in [7, 11) is 0. The Bertz CT molecular complexity index is 848. The molecule has 0 aliphatic heterocycles. The summed E-state index contributed by atoms with van der Waals surface area (Å²) in [6.07, 6.45) is 0.0780. The second kappa shape index (κ2) is 5.81. The van der Waals surface area contributed by atoms with E-state index >= 15 is 0 Å². The molecule has 0 bridgehead atoms. The maximum Gasteiger partial charge on any atom is 0.230 e. The molecular formula is C17H14FN3O. The molecule has 3 aromatic rings. The van der Waals surface area contributed by atoms with Crippen LogP contribution in [0.25, 0.3) is 10.9 Å². The Balaban J connectivity index is 1.76. The standard InChI is InChI=1S/C17H14FN3O/c18-14-3-1-2-4-16(14)21-17(22)10-13-7-5-11-9-12(19)6-8-15(11)20-13/h1-9H,10,19H2,(H,21,22). The molecule has 3 N–H and O–H groups in total. The molecule has 5 heteroatoms. The third-order valence-electron chi connectivity index (χ3n) is 3.26. The Morgan fingerprint density at radius 1 is 1.14 bits per heavy atom. The van der Waals surface area contributed by atoms with E-state index in [9.17, 15) is 9.18 Å². The summed E-state index contributed by atoms with van der Waals surface area (Å²) in [5.41, 5.74) is 7.93. The molecule has 0 aliphatic carbocycles. The van der Waals surface area contributed by atoms with Crippen LogP contribution in [-0.2, 0) is 11.2 Å². The maximum absolute atomic E-state index is 13.5. The van der Waals surface area contributed by atoms with E-state index in [1.807, 2.05) is 18.2 Å². The Labute approximate surface area is 126 Å². The number of halogens is 1. The van der Waals surface area contributed by atoms with Crippen LogP contribution in [0.5, 0.6) is 0 Å². The summed E-state index contributed by atoms with van der Waals surface area (Å²) < 4.78 is 13.5. The first-order valence-electron chi connectivity index (χ1n) is 6.81. The monoisotopic (exact) mass is 295 g/mol. The number of nitrogens with one attached hydrogen (secondary N) is 1. The third-order valence-corrected chi connectivity index (χ3v) is 3.26. The van der Waals surface area contributed by atoms with Gasteiger partial charge in [0, 0.05) is 11.1 Å². The average Bonchev–Trinajstić information content (AvgIpc) is 2.50. The van der Waals surface area contributed by atoms with Gasteiger partial charge in [0.15, 0.2) is 0 Å². The number of fused-ring (bicyclic) bond motifs is 1. The summed E-state index contributed by atoms with van der Waals surface area (Å²) in [5.74, 6) is -0.773. The molecule has 0 radical (unpaired) electrons. The highest BCUT2D eigenvalue weighted by Crippen LogP contribution is 2.17. The molecule has 0 spiro atoms. The second-order valence-corrected chi connectivity index (χ2v) is 4.96. The highest BCUT2D eigenvalue weighted by atomic mass is 19.1. The minimum Gasteiger partial charge on any atom is -0.399 e. The molecule has 3 rings (SSSR count). The quantitative estimate of drug-likeness (QED) is 0.729. The minimum absolute atomic E-state index is 0.0780. The number of nitrogens with two attached hydrogens (primary N) is 1. The van der Waals surface area contributed by atoms with Gasteiger partial charge in [-0.05, 0) is 36.4 Å². The van der Waals surface area contributed by atoms with Crippen molar-refractivity contribution in [2.45, 2.75) is 6.42 Å². The second-order valence-electron chi connectivity index (χ2n) is 4.96. The lowest BCUT2D eigenvalue weighted by Crippen LogP contribution is -2.16. The van der Waals surface area contributed by atoms with Crippen LogP contribution in [-0.4, -0.2) is 10.9 Å². The molecule has 1 aromatic heterocycles.